The van der Waals surface area contributed by atoms with Crippen LogP contribution in [-0.4, -0.2) is 43.6 Å². The monoisotopic (exact) mass is 467 g/mol. The number of anilines is 3. The molecule has 0 saturated carbocycles. The number of nitrogens with zero attached hydrogens (tertiary/aromatic N) is 5. The molecule has 3 heterocycles. The van der Waals surface area contributed by atoms with Gasteiger partial charge in [-0.15, -0.1) is 0 Å². The van der Waals surface area contributed by atoms with Crippen molar-refractivity contribution < 1.29 is 13.2 Å². The lowest BCUT2D eigenvalue weighted by molar-refractivity contribution is 0.208. The molecule has 10 heteroatoms. The molecule has 2 aromatic heterocycles. The Morgan fingerprint density at radius 1 is 1.06 bits per heavy atom. The van der Waals surface area contributed by atoms with E-state index in [1.165, 1.54) is 5.56 Å². The van der Waals surface area contributed by atoms with Gasteiger partial charge in [0.15, 0.2) is 17.3 Å². The third-order valence-corrected chi connectivity index (χ3v) is 5.94. The molecule has 1 atom stereocenters. The molecule has 34 heavy (non-hydrogen) atoms. The molecule has 0 bridgehead atoms. The van der Waals surface area contributed by atoms with Gasteiger partial charge in [0.05, 0.1) is 6.20 Å². The number of likely N-dealkylation sites (tertiary alicyclic amines) is 1. The molecule has 1 aliphatic rings. The van der Waals surface area contributed by atoms with Gasteiger partial charge < -0.3 is 10.6 Å². The number of hydrogen-bond donors (Lipinski definition) is 2. The van der Waals surface area contributed by atoms with E-state index in [0.717, 1.165) is 32.5 Å². The standard InChI is InChI=1S/C24H24F3N7/c1-33-22-20(30-24(33)31-21-18(26)10-16(25)11-19(21)27)12-28-23(32-22)29-17-8-5-9-34(14-17)13-15-6-3-2-4-7-15/h2-4,6-7,10-12,17H,5,8-9,13-14H2,1H3,(H,30,31)(H,28,29,32)/t17-/m1/s1. The molecular formula is C24H24F3N7. The van der Waals surface area contributed by atoms with Gasteiger partial charge in [0, 0.05) is 38.3 Å². The molecule has 1 saturated heterocycles. The van der Waals surface area contributed by atoms with Gasteiger partial charge >= 0.3 is 0 Å². The van der Waals surface area contributed by atoms with Crippen LogP contribution in [0.2, 0.25) is 0 Å². The van der Waals surface area contributed by atoms with Gasteiger partial charge in [-0.05, 0) is 24.9 Å². The molecule has 0 unspecified atom stereocenters. The minimum Gasteiger partial charge on any atom is -0.350 e. The van der Waals surface area contributed by atoms with Crippen LogP contribution in [0.4, 0.5) is 30.8 Å². The quantitative estimate of drug-likeness (QED) is 0.432. The predicted molar refractivity (Wildman–Crippen MR) is 124 cm³/mol. The van der Waals surface area contributed by atoms with E-state index >= 15 is 0 Å². The van der Waals surface area contributed by atoms with Crippen LogP contribution in [0.5, 0.6) is 0 Å². The molecule has 4 aromatic rings. The molecular weight excluding hydrogens is 443 g/mol. The van der Waals surface area contributed by atoms with Gasteiger partial charge in [0.25, 0.3) is 0 Å². The number of hydrogen-bond acceptors (Lipinski definition) is 6. The van der Waals surface area contributed by atoms with Crippen molar-refractivity contribution in [1.82, 2.24) is 24.4 Å². The topological polar surface area (TPSA) is 70.9 Å². The van der Waals surface area contributed by atoms with Crippen molar-refractivity contribution in [2.24, 2.45) is 7.05 Å². The Balaban J connectivity index is 1.31. The van der Waals surface area contributed by atoms with E-state index in [9.17, 15) is 13.2 Å². The smallest absolute Gasteiger partial charge is 0.225 e. The van der Waals surface area contributed by atoms with Crippen LogP contribution >= 0.6 is 0 Å². The SMILES string of the molecule is Cn1c(Nc2c(F)cc(F)cc2F)nc2cnc(N[C@@H]3CCCN(Cc4ccccc4)C3)nc21. The maximum atomic E-state index is 14.1. The zero-order valence-corrected chi connectivity index (χ0v) is 18.6. The Morgan fingerprint density at radius 3 is 2.59 bits per heavy atom. The van der Waals surface area contributed by atoms with Crippen LogP contribution in [0.3, 0.4) is 0 Å². The van der Waals surface area contributed by atoms with E-state index in [0.29, 0.717) is 29.2 Å². The summed E-state index contributed by atoms with van der Waals surface area (Å²) < 4.78 is 42.9. The largest absolute Gasteiger partial charge is 0.350 e. The summed E-state index contributed by atoms with van der Waals surface area (Å²) in [6.07, 6.45) is 3.65. The van der Waals surface area contributed by atoms with E-state index < -0.39 is 23.1 Å². The Morgan fingerprint density at radius 2 is 1.82 bits per heavy atom. The van der Waals surface area contributed by atoms with Crippen molar-refractivity contribution in [1.29, 1.82) is 0 Å². The first-order chi connectivity index (χ1) is 16.5. The van der Waals surface area contributed by atoms with E-state index in [2.05, 4.69) is 42.6 Å². The van der Waals surface area contributed by atoms with Crippen LogP contribution in [0.25, 0.3) is 11.2 Å². The van der Waals surface area contributed by atoms with Crippen molar-refractivity contribution >= 4 is 28.7 Å². The number of piperidine rings is 1. The number of benzene rings is 2. The molecule has 176 valence electrons. The number of rotatable bonds is 6. The Bertz CT molecular complexity index is 1290. The molecule has 1 aliphatic heterocycles. The summed E-state index contributed by atoms with van der Waals surface area (Å²) in [6, 6.07) is 11.8. The highest BCUT2D eigenvalue weighted by Crippen LogP contribution is 2.26. The fourth-order valence-electron chi connectivity index (χ4n) is 4.28. The molecule has 0 radical (unpaired) electrons. The normalized spacial score (nSPS) is 16.6. The summed E-state index contributed by atoms with van der Waals surface area (Å²) in [5.74, 6) is -2.45. The van der Waals surface area contributed by atoms with Crippen LogP contribution in [0.1, 0.15) is 18.4 Å². The van der Waals surface area contributed by atoms with Crippen LogP contribution in [0.15, 0.2) is 48.7 Å². The third-order valence-electron chi connectivity index (χ3n) is 5.94. The molecule has 0 aliphatic carbocycles. The molecule has 0 amide bonds. The third kappa shape index (κ3) is 4.67. The van der Waals surface area contributed by atoms with Crippen molar-refractivity contribution in [3.05, 3.63) is 71.7 Å². The van der Waals surface area contributed by atoms with Crippen molar-refractivity contribution in [2.45, 2.75) is 25.4 Å². The minimum atomic E-state index is -1.05. The molecule has 2 N–H and O–H groups in total. The highest BCUT2D eigenvalue weighted by molar-refractivity contribution is 5.76. The number of aromatic nitrogens is 4. The molecule has 0 spiro atoms. The van der Waals surface area contributed by atoms with Gasteiger partial charge in [-0.1, -0.05) is 30.3 Å². The lowest BCUT2D eigenvalue weighted by Gasteiger charge is -2.33. The first-order valence-electron chi connectivity index (χ1n) is 11.1. The van der Waals surface area contributed by atoms with E-state index in [-0.39, 0.29) is 12.0 Å². The van der Waals surface area contributed by atoms with E-state index in [4.69, 9.17) is 0 Å². The van der Waals surface area contributed by atoms with Gasteiger partial charge in [-0.3, -0.25) is 9.47 Å². The summed E-state index contributed by atoms with van der Waals surface area (Å²) in [5, 5.41) is 6.01. The van der Waals surface area contributed by atoms with Crippen molar-refractivity contribution in [2.75, 3.05) is 23.7 Å². The minimum absolute atomic E-state index is 0.164. The Kier molecular flexibility index (Phi) is 6.06. The van der Waals surface area contributed by atoms with E-state index in [1.807, 2.05) is 18.2 Å². The summed E-state index contributed by atoms with van der Waals surface area (Å²) in [7, 11) is 1.68. The summed E-state index contributed by atoms with van der Waals surface area (Å²) in [5.41, 5.74) is 1.77. The second kappa shape index (κ2) is 9.30. The van der Waals surface area contributed by atoms with Crippen LogP contribution in [-0.2, 0) is 13.6 Å². The summed E-state index contributed by atoms with van der Waals surface area (Å²) in [6.45, 7) is 2.81. The first kappa shape index (κ1) is 22.1. The van der Waals surface area contributed by atoms with Gasteiger partial charge in [0.1, 0.15) is 17.0 Å². The number of aryl methyl sites for hydroxylation is 1. The van der Waals surface area contributed by atoms with E-state index in [1.54, 1.807) is 17.8 Å². The van der Waals surface area contributed by atoms with Gasteiger partial charge in [-0.2, -0.15) is 4.98 Å². The summed E-state index contributed by atoms with van der Waals surface area (Å²) in [4.78, 5) is 15.7. The maximum absolute atomic E-state index is 14.1. The Hall–Kier alpha value is -3.66. The highest BCUT2D eigenvalue weighted by Gasteiger charge is 2.21. The number of nitrogens with one attached hydrogen (secondary N) is 2. The fourth-order valence-corrected chi connectivity index (χ4v) is 4.28. The first-order valence-corrected chi connectivity index (χ1v) is 11.1. The fraction of sp³-hybridized carbons (Fsp3) is 0.292. The number of fused-ring (bicyclic) bond motifs is 1. The van der Waals surface area contributed by atoms with Crippen LogP contribution < -0.4 is 10.6 Å². The second-order valence-electron chi connectivity index (χ2n) is 8.47. The van der Waals surface area contributed by atoms with Crippen LogP contribution in [0, 0.1) is 17.5 Å². The predicted octanol–water partition coefficient (Wildman–Crippen LogP) is 4.60. The molecule has 5 rings (SSSR count). The molecule has 7 nitrogen and oxygen atoms in total. The second-order valence-corrected chi connectivity index (χ2v) is 8.47. The highest BCUT2D eigenvalue weighted by atomic mass is 19.1. The Labute approximate surface area is 194 Å². The molecule has 1 fully saturated rings. The van der Waals surface area contributed by atoms with Crippen molar-refractivity contribution in [3.8, 4) is 0 Å². The number of halogens is 3. The lowest BCUT2D eigenvalue weighted by atomic mass is 10.0. The van der Waals surface area contributed by atoms with Gasteiger partial charge in [0.2, 0.25) is 11.9 Å². The molecule has 2 aromatic carbocycles. The van der Waals surface area contributed by atoms with Crippen molar-refractivity contribution in [3.63, 3.8) is 0 Å². The zero-order valence-electron chi connectivity index (χ0n) is 18.6. The maximum Gasteiger partial charge on any atom is 0.225 e. The van der Waals surface area contributed by atoms with Gasteiger partial charge in [-0.25, -0.2) is 23.1 Å². The zero-order chi connectivity index (χ0) is 23.7. The summed E-state index contributed by atoms with van der Waals surface area (Å²) >= 11 is 0. The average molecular weight is 467 g/mol. The number of imidazole rings is 1. The lowest BCUT2D eigenvalue weighted by Crippen LogP contribution is -2.41. The average Bonchev–Trinajstić information content (AvgIpc) is 3.12.